The molecule has 0 radical (unpaired) electrons. The van der Waals surface area contributed by atoms with Crippen molar-refractivity contribution in [2.75, 3.05) is 0 Å². The topological polar surface area (TPSA) is 89.9 Å². The summed E-state index contributed by atoms with van der Waals surface area (Å²) < 4.78 is 17.2. The third-order valence-corrected chi connectivity index (χ3v) is 6.88. The molecule has 0 unspecified atom stereocenters. The predicted octanol–water partition coefficient (Wildman–Crippen LogP) is 5.71. The lowest BCUT2D eigenvalue weighted by Crippen LogP contribution is -2.32. The second-order valence-corrected chi connectivity index (χ2v) is 8.86. The Kier molecular flexibility index (Phi) is 4.61. The fraction of sp³-hybridized carbons (Fsp3) is 0.259. The van der Waals surface area contributed by atoms with Gasteiger partial charge >= 0.3 is 0 Å². The van der Waals surface area contributed by atoms with Gasteiger partial charge in [-0.2, -0.15) is 0 Å². The van der Waals surface area contributed by atoms with Crippen LogP contribution in [0.1, 0.15) is 60.5 Å². The number of allylic oxidation sites excluding steroid dienone is 4. The van der Waals surface area contributed by atoms with Crippen molar-refractivity contribution in [3.05, 3.63) is 101 Å². The van der Waals surface area contributed by atoms with Crippen LogP contribution in [0.3, 0.4) is 0 Å². The fourth-order valence-corrected chi connectivity index (χ4v) is 5.40. The highest BCUT2D eigenvalue weighted by molar-refractivity contribution is 6.06. The van der Waals surface area contributed by atoms with Crippen LogP contribution in [0.4, 0.5) is 0 Å². The van der Waals surface area contributed by atoms with Crippen molar-refractivity contribution in [3.8, 4) is 5.75 Å². The minimum Gasteiger partial charge on any atom is -0.512 e. The van der Waals surface area contributed by atoms with E-state index in [0.29, 0.717) is 41.3 Å². The number of benzene rings is 1. The molecule has 2 aromatic heterocycles. The third-order valence-electron chi connectivity index (χ3n) is 6.88. The van der Waals surface area contributed by atoms with E-state index in [2.05, 4.69) is 0 Å². The maximum Gasteiger partial charge on any atom is 0.163 e. The van der Waals surface area contributed by atoms with Crippen LogP contribution in [-0.4, -0.2) is 16.7 Å². The van der Waals surface area contributed by atoms with E-state index in [-0.39, 0.29) is 42.0 Å². The third kappa shape index (κ3) is 3.25. The molecule has 0 amide bonds. The van der Waals surface area contributed by atoms with E-state index in [4.69, 9.17) is 13.6 Å². The minimum atomic E-state index is -0.639. The van der Waals surface area contributed by atoms with Crippen LogP contribution in [0, 0.1) is 0 Å². The average Bonchev–Trinajstić information content (AvgIpc) is 3.52. The summed E-state index contributed by atoms with van der Waals surface area (Å²) in [7, 11) is 0. The number of para-hydroxylation sites is 1. The van der Waals surface area contributed by atoms with Crippen molar-refractivity contribution < 1.29 is 28.3 Å². The molecular formula is C27H22O6. The van der Waals surface area contributed by atoms with E-state index in [1.54, 1.807) is 18.6 Å². The monoisotopic (exact) mass is 442 g/mol. The zero-order chi connectivity index (χ0) is 22.5. The largest absolute Gasteiger partial charge is 0.512 e. The molecule has 3 atom stereocenters. The van der Waals surface area contributed by atoms with Gasteiger partial charge in [-0.1, -0.05) is 18.2 Å². The molecular weight excluding hydrogens is 420 g/mol. The summed E-state index contributed by atoms with van der Waals surface area (Å²) in [5.41, 5.74) is 1.50. The molecule has 33 heavy (non-hydrogen) atoms. The Morgan fingerprint density at radius 1 is 0.727 bits per heavy atom. The van der Waals surface area contributed by atoms with Crippen LogP contribution in [0.25, 0.3) is 0 Å². The summed E-state index contributed by atoms with van der Waals surface area (Å²) in [6, 6.07) is 14.7. The fourth-order valence-electron chi connectivity index (χ4n) is 5.40. The molecule has 6 nitrogen and oxygen atoms in total. The van der Waals surface area contributed by atoms with Crippen LogP contribution in [0.15, 0.2) is 92.6 Å². The maximum absolute atomic E-state index is 13.5. The molecule has 0 saturated heterocycles. The number of ether oxygens (including phenoxy) is 1. The lowest BCUT2D eigenvalue weighted by atomic mass is 9.70. The SMILES string of the molecule is O=C1C[C@H](c2ccco2)CC(O)=C1[C@@H]1C2=C(C[C@H](c3ccco3)CC2=O)Oc2ccccc21. The average molecular weight is 442 g/mol. The Balaban J connectivity index is 1.45. The van der Waals surface area contributed by atoms with E-state index < -0.39 is 5.92 Å². The van der Waals surface area contributed by atoms with E-state index in [9.17, 15) is 14.7 Å². The second kappa shape index (κ2) is 7.66. The smallest absolute Gasteiger partial charge is 0.163 e. The molecule has 0 spiro atoms. The van der Waals surface area contributed by atoms with E-state index >= 15 is 0 Å². The van der Waals surface area contributed by atoms with E-state index in [1.165, 1.54) is 0 Å². The van der Waals surface area contributed by atoms with Crippen molar-refractivity contribution >= 4 is 11.6 Å². The van der Waals surface area contributed by atoms with Crippen LogP contribution >= 0.6 is 0 Å². The van der Waals surface area contributed by atoms with Gasteiger partial charge in [-0.05, 0) is 30.3 Å². The van der Waals surface area contributed by atoms with Crippen molar-refractivity contribution in [3.63, 3.8) is 0 Å². The molecule has 6 rings (SSSR count). The number of hydrogen-bond acceptors (Lipinski definition) is 6. The van der Waals surface area contributed by atoms with Gasteiger partial charge in [-0.3, -0.25) is 9.59 Å². The lowest BCUT2D eigenvalue weighted by Gasteiger charge is -2.36. The Morgan fingerprint density at radius 3 is 2.00 bits per heavy atom. The summed E-state index contributed by atoms with van der Waals surface area (Å²) in [4.78, 5) is 26.9. The van der Waals surface area contributed by atoms with Gasteiger partial charge in [-0.15, -0.1) is 0 Å². The van der Waals surface area contributed by atoms with Crippen LogP contribution in [0.2, 0.25) is 0 Å². The Morgan fingerprint density at radius 2 is 1.36 bits per heavy atom. The van der Waals surface area contributed by atoms with Gasteiger partial charge < -0.3 is 18.7 Å². The first kappa shape index (κ1) is 19.9. The number of fused-ring (bicyclic) bond motifs is 1. The molecule has 6 heteroatoms. The van der Waals surface area contributed by atoms with E-state index in [1.807, 2.05) is 42.5 Å². The molecule has 1 aliphatic heterocycles. The van der Waals surface area contributed by atoms with Crippen LogP contribution in [0.5, 0.6) is 5.75 Å². The molecule has 3 heterocycles. The normalized spacial score (nSPS) is 25.0. The summed E-state index contributed by atoms with van der Waals surface area (Å²) in [6.07, 6.45) is 4.45. The number of rotatable bonds is 3. The molecule has 1 aromatic carbocycles. The highest BCUT2D eigenvalue weighted by atomic mass is 16.5. The molecule has 2 aliphatic carbocycles. The van der Waals surface area contributed by atoms with Crippen molar-refractivity contribution in [2.45, 2.75) is 43.4 Å². The zero-order valence-corrected chi connectivity index (χ0v) is 17.8. The van der Waals surface area contributed by atoms with Gasteiger partial charge in [0.15, 0.2) is 11.6 Å². The van der Waals surface area contributed by atoms with E-state index in [0.717, 1.165) is 11.3 Å². The number of aliphatic hydroxyl groups excluding tert-OH is 1. The quantitative estimate of drug-likeness (QED) is 0.559. The first-order chi connectivity index (χ1) is 16.1. The van der Waals surface area contributed by atoms with Crippen molar-refractivity contribution in [1.82, 2.24) is 0 Å². The van der Waals surface area contributed by atoms with Crippen LogP contribution < -0.4 is 4.74 Å². The van der Waals surface area contributed by atoms with Gasteiger partial charge in [0, 0.05) is 54.2 Å². The Hall–Kier alpha value is -3.80. The summed E-state index contributed by atoms with van der Waals surface area (Å²) in [5.74, 6) is 1.36. The minimum absolute atomic E-state index is 0.0159. The maximum atomic E-state index is 13.5. The Bertz CT molecular complexity index is 1290. The Labute approximate surface area is 190 Å². The predicted molar refractivity (Wildman–Crippen MR) is 118 cm³/mol. The van der Waals surface area contributed by atoms with Crippen molar-refractivity contribution in [1.29, 1.82) is 0 Å². The van der Waals surface area contributed by atoms with Gasteiger partial charge in [0.2, 0.25) is 0 Å². The van der Waals surface area contributed by atoms with Gasteiger partial charge in [0.1, 0.15) is 28.8 Å². The molecule has 166 valence electrons. The number of carbonyl (C=O) groups excluding carboxylic acids is 2. The number of carbonyl (C=O) groups is 2. The number of aliphatic hydroxyl groups is 1. The zero-order valence-electron chi connectivity index (χ0n) is 17.8. The number of ketones is 2. The van der Waals surface area contributed by atoms with Gasteiger partial charge in [-0.25, -0.2) is 0 Å². The van der Waals surface area contributed by atoms with Crippen LogP contribution in [-0.2, 0) is 9.59 Å². The molecule has 3 aromatic rings. The highest BCUT2D eigenvalue weighted by Gasteiger charge is 2.45. The first-order valence-electron chi connectivity index (χ1n) is 11.1. The van der Waals surface area contributed by atoms with Gasteiger partial charge in [0.05, 0.1) is 18.4 Å². The lowest BCUT2D eigenvalue weighted by molar-refractivity contribution is -0.117. The molecule has 0 bridgehead atoms. The number of hydrogen-bond donors (Lipinski definition) is 1. The number of furan rings is 2. The summed E-state index contributed by atoms with van der Waals surface area (Å²) >= 11 is 0. The summed E-state index contributed by atoms with van der Waals surface area (Å²) in [6.45, 7) is 0. The standard InChI is InChI=1S/C27H22O6/c28-18-11-15(21-7-3-9-31-21)12-19(29)26(18)25-17-5-1-2-6-23(17)33-24-14-16(13-20(30)27(24)25)22-8-4-10-32-22/h1-10,15-16,25,28H,11-14H2/t15-,16-,25-/m1/s1. The number of Topliss-reactive ketones (excluding diaryl/α,β-unsaturated/α-hetero) is 2. The highest BCUT2D eigenvalue weighted by Crippen LogP contribution is 2.51. The van der Waals surface area contributed by atoms with Crippen molar-refractivity contribution in [2.24, 2.45) is 0 Å². The van der Waals surface area contributed by atoms with Gasteiger partial charge in [0.25, 0.3) is 0 Å². The first-order valence-corrected chi connectivity index (χ1v) is 11.1. The molecule has 0 saturated carbocycles. The molecule has 1 N–H and O–H groups in total. The second-order valence-electron chi connectivity index (χ2n) is 8.86. The molecule has 3 aliphatic rings. The summed E-state index contributed by atoms with van der Waals surface area (Å²) in [5, 5.41) is 11.1. The molecule has 0 fully saturated rings.